The molecule has 0 saturated carbocycles. The first kappa shape index (κ1) is 22.4. The molecule has 28 heavy (non-hydrogen) atoms. The van der Waals surface area contributed by atoms with E-state index in [9.17, 15) is 9.59 Å². The third kappa shape index (κ3) is 6.33. The first-order valence-electron chi connectivity index (χ1n) is 10.7. The Morgan fingerprint density at radius 2 is 1.29 bits per heavy atom. The van der Waals surface area contributed by atoms with Crippen LogP contribution in [0.3, 0.4) is 0 Å². The van der Waals surface area contributed by atoms with Crippen molar-refractivity contribution in [1.29, 1.82) is 0 Å². The van der Waals surface area contributed by atoms with Gasteiger partial charge >= 0.3 is 11.9 Å². The Balaban J connectivity index is 1.60. The highest BCUT2D eigenvalue weighted by atomic mass is 16.4. The number of carbonyl (C=O) groups is 2. The molecule has 1 aliphatic rings. The van der Waals surface area contributed by atoms with Gasteiger partial charge < -0.3 is 10.2 Å². The normalized spacial score (nSPS) is 15.9. The Labute approximate surface area is 168 Å². The van der Waals surface area contributed by atoms with Crippen LogP contribution >= 0.6 is 0 Å². The maximum absolute atomic E-state index is 11.2. The van der Waals surface area contributed by atoms with Crippen LogP contribution in [0.15, 0.2) is 24.3 Å². The van der Waals surface area contributed by atoms with Gasteiger partial charge in [-0.25, -0.2) is 0 Å². The minimum Gasteiger partial charge on any atom is -0.480 e. The molecule has 0 unspecified atom stereocenters. The number of aliphatic carboxylic acids is 2. The van der Waals surface area contributed by atoms with E-state index in [4.69, 9.17) is 10.2 Å². The van der Waals surface area contributed by atoms with Crippen LogP contribution in [0.5, 0.6) is 0 Å². The molecule has 1 saturated heterocycles. The van der Waals surface area contributed by atoms with E-state index in [-0.39, 0.29) is 13.1 Å². The van der Waals surface area contributed by atoms with Crippen LogP contribution in [0.1, 0.15) is 69.4 Å². The lowest BCUT2D eigenvalue weighted by Crippen LogP contribution is -2.64. The summed E-state index contributed by atoms with van der Waals surface area (Å²) in [4.78, 5) is 24.3. The molecular formula is C23H35NO4. The summed E-state index contributed by atoms with van der Waals surface area (Å²) < 4.78 is 0. The molecule has 0 aliphatic carbocycles. The summed E-state index contributed by atoms with van der Waals surface area (Å²) >= 11 is 0. The predicted octanol–water partition coefficient (Wildman–Crippen LogP) is 4.38. The summed E-state index contributed by atoms with van der Waals surface area (Å²) in [5.41, 5.74) is 0.970. The number of rotatable bonds is 14. The van der Waals surface area contributed by atoms with Crippen molar-refractivity contribution >= 4 is 11.9 Å². The van der Waals surface area contributed by atoms with Gasteiger partial charge in [0.25, 0.3) is 0 Å². The van der Waals surface area contributed by atoms with Gasteiger partial charge in [-0.1, -0.05) is 76.1 Å². The number of carboxylic acid groups (broad SMARTS) is 2. The Morgan fingerprint density at radius 3 is 1.79 bits per heavy atom. The third-order valence-corrected chi connectivity index (χ3v) is 5.86. The molecule has 1 heterocycles. The lowest BCUT2D eigenvalue weighted by atomic mass is 9.79. The Kier molecular flexibility index (Phi) is 8.97. The highest BCUT2D eigenvalue weighted by Crippen LogP contribution is 2.31. The Hall–Kier alpha value is -1.88. The standard InChI is InChI=1S/C23H35NO4/c1-2-3-4-5-6-7-8-9-10-19-11-13-20(14-12-19)15-16-24-17-23(18-24,21(25)26)22(27)28/h11-14H,2-10,15-18H2,1H3,(H,25,26)(H,27,28). The van der Waals surface area contributed by atoms with Crippen molar-refractivity contribution in [1.82, 2.24) is 4.90 Å². The summed E-state index contributed by atoms with van der Waals surface area (Å²) in [5.74, 6) is -2.47. The lowest BCUT2D eigenvalue weighted by Gasteiger charge is -2.44. The zero-order valence-corrected chi connectivity index (χ0v) is 17.2. The summed E-state index contributed by atoms with van der Waals surface area (Å²) in [7, 11) is 0. The summed E-state index contributed by atoms with van der Waals surface area (Å²) in [5, 5.41) is 18.3. The number of carboxylic acids is 2. The van der Waals surface area contributed by atoms with Crippen molar-refractivity contribution in [3.63, 3.8) is 0 Å². The monoisotopic (exact) mass is 389 g/mol. The molecule has 0 aromatic heterocycles. The van der Waals surface area contributed by atoms with Crippen molar-refractivity contribution in [3.8, 4) is 0 Å². The van der Waals surface area contributed by atoms with Gasteiger partial charge in [0.05, 0.1) is 0 Å². The van der Waals surface area contributed by atoms with Crippen LogP contribution in [0, 0.1) is 5.41 Å². The van der Waals surface area contributed by atoms with Crippen LogP contribution in [-0.2, 0) is 22.4 Å². The van der Waals surface area contributed by atoms with E-state index in [1.54, 1.807) is 0 Å². The molecule has 0 amide bonds. The molecule has 1 aromatic rings. The van der Waals surface area contributed by atoms with Crippen molar-refractivity contribution in [2.75, 3.05) is 19.6 Å². The second-order valence-corrected chi connectivity index (χ2v) is 8.19. The van der Waals surface area contributed by atoms with Gasteiger partial charge in [-0.05, 0) is 30.4 Å². The quantitative estimate of drug-likeness (QED) is 0.365. The lowest BCUT2D eigenvalue weighted by molar-refractivity contribution is -0.177. The van der Waals surface area contributed by atoms with Gasteiger partial charge in [0.15, 0.2) is 5.41 Å². The molecule has 0 bridgehead atoms. The van der Waals surface area contributed by atoms with Gasteiger partial charge in [-0.15, -0.1) is 0 Å². The fourth-order valence-electron chi connectivity index (χ4n) is 3.86. The van der Waals surface area contributed by atoms with E-state index in [0.717, 1.165) is 12.8 Å². The Bertz CT molecular complexity index is 604. The number of benzene rings is 1. The molecular weight excluding hydrogens is 354 g/mol. The largest absolute Gasteiger partial charge is 0.480 e. The van der Waals surface area contributed by atoms with Crippen molar-refractivity contribution in [2.45, 2.75) is 71.1 Å². The third-order valence-electron chi connectivity index (χ3n) is 5.86. The van der Waals surface area contributed by atoms with Crippen LogP contribution in [0.25, 0.3) is 0 Å². The van der Waals surface area contributed by atoms with E-state index < -0.39 is 17.4 Å². The number of hydrogen-bond acceptors (Lipinski definition) is 3. The van der Waals surface area contributed by atoms with E-state index in [1.165, 1.54) is 62.5 Å². The zero-order chi connectivity index (χ0) is 20.4. The molecule has 5 nitrogen and oxygen atoms in total. The number of nitrogens with zero attached hydrogens (tertiary/aromatic N) is 1. The van der Waals surface area contributed by atoms with Crippen molar-refractivity contribution in [2.24, 2.45) is 5.41 Å². The first-order chi connectivity index (χ1) is 13.5. The van der Waals surface area contributed by atoms with E-state index >= 15 is 0 Å². The summed E-state index contributed by atoms with van der Waals surface area (Å²) in [6.45, 7) is 3.13. The molecule has 0 spiro atoms. The van der Waals surface area contributed by atoms with Gasteiger partial charge in [0.1, 0.15) is 0 Å². The highest BCUT2D eigenvalue weighted by Gasteiger charge is 2.55. The average molecular weight is 390 g/mol. The maximum atomic E-state index is 11.2. The van der Waals surface area contributed by atoms with Crippen molar-refractivity contribution < 1.29 is 19.8 Å². The average Bonchev–Trinajstić information content (AvgIpc) is 2.63. The number of hydrogen-bond donors (Lipinski definition) is 2. The second kappa shape index (κ2) is 11.2. The zero-order valence-electron chi connectivity index (χ0n) is 17.2. The first-order valence-corrected chi connectivity index (χ1v) is 10.7. The summed E-state index contributed by atoms with van der Waals surface area (Å²) in [6.07, 6.45) is 12.6. The molecule has 2 N–H and O–H groups in total. The van der Waals surface area contributed by atoms with E-state index in [0.29, 0.717) is 6.54 Å². The topological polar surface area (TPSA) is 77.8 Å². The van der Waals surface area contributed by atoms with Gasteiger partial charge in [-0.2, -0.15) is 0 Å². The van der Waals surface area contributed by atoms with E-state index in [2.05, 4.69) is 31.2 Å². The van der Waals surface area contributed by atoms with Gasteiger partial charge in [0, 0.05) is 19.6 Å². The number of likely N-dealkylation sites (tertiary alicyclic amines) is 1. The number of aryl methyl sites for hydroxylation is 1. The fourth-order valence-corrected chi connectivity index (χ4v) is 3.86. The fraction of sp³-hybridized carbons (Fsp3) is 0.652. The maximum Gasteiger partial charge on any atom is 0.323 e. The molecule has 0 radical (unpaired) electrons. The SMILES string of the molecule is CCCCCCCCCCc1ccc(CCN2CC(C(=O)O)(C(=O)O)C2)cc1. The van der Waals surface area contributed by atoms with Crippen LogP contribution in [0.2, 0.25) is 0 Å². The minimum atomic E-state index is -1.61. The van der Waals surface area contributed by atoms with E-state index in [1.807, 2.05) is 4.90 Å². The molecule has 5 heteroatoms. The van der Waals surface area contributed by atoms with Gasteiger partial charge in [-0.3, -0.25) is 14.5 Å². The van der Waals surface area contributed by atoms with Crippen LogP contribution in [0.4, 0.5) is 0 Å². The molecule has 1 aromatic carbocycles. The predicted molar refractivity (Wildman–Crippen MR) is 111 cm³/mol. The molecule has 2 rings (SSSR count). The molecule has 1 fully saturated rings. The van der Waals surface area contributed by atoms with Gasteiger partial charge in [0.2, 0.25) is 0 Å². The number of unbranched alkanes of at least 4 members (excludes halogenated alkanes) is 7. The van der Waals surface area contributed by atoms with Crippen LogP contribution < -0.4 is 0 Å². The van der Waals surface area contributed by atoms with Crippen LogP contribution in [-0.4, -0.2) is 46.7 Å². The smallest absolute Gasteiger partial charge is 0.323 e. The second-order valence-electron chi connectivity index (χ2n) is 8.19. The molecule has 156 valence electrons. The minimum absolute atomic E-state index is 0.0915. The summed E-state index contributed by atoms with van der Waals surface area (Å²) in [6, 6.07) is 8.65. The van der Waals surface area contributed by atoms with Crippen molar-refractivity contribution in [3.05, 3.63) is 35.4 Å². The highest BCUT2D eigenvalue weighted by molar-refractivity contribution is 6.00. The Morgan fingerprint density at radius 1 is 0.821 bits per heavy atom. The molecule has 1 aliphatic heterocycles. The molecule has 0 atom stereocenters.